The highest BCUT2D eigenvalue weighted by Gasteiger charge is 2.27. The number of anilines is 2. The molecule has 0 radical (unpaired) electrons. The van der Waals surface area contributed by atoms with Crippen molar-refractivity contribution in [1.82, 2.24) is 14.9 Å². The van der Waals surface area contributed by atoms with Crippen molar-refractivity contribution in [2.24, 2.45) is 0 Å². The third kappa shape index (κ3) is 4.28. The second kappa shape index (κ2) is 8.51. The summed E-state index contributed by atoms with van der Waals surface area (Å²) in [6, 6.07) is 6.85. The van der Waals surface area contributed by atoms with Gasteiger partial charge in [0.15, 0.2) is 5.82 Å². The van der Waals surface area contributed by atoms with Crippen molar-refractivity contribution in [1.29, 1.82) is 0 Å². The SMILES string of the molecule is C=CCNC(=O)c1nc(C(=O)Nc2cccc(NC(C)=O)c2)n2c1CCCC2. The fraction of sp³-hybridized carbons (Fsp3) is 0.300. The number of nitrogens with one attached hydrogen (secondary N) is 3. The fourth-order valence-corrected chi connectivity index (χ4v) is 3.21. The first-order valence-electron chi connectivity index (χ1n) is 9.17. The molecule has 0 fully saturated rings. The Hall–Kier alpha value is -3.42. The number of fused-ring (bicyclic) bond motifs is 1. The average molecular weight is 381 g/mol. The molecule has 3 N–H and O–H groups in total. The maximum Gasteiger partial charge on any atom is 0.291 e. The third-order valence-corrected chi connectivity index (χ3v) is 4.38. The summed E-state index contributed by atoms with van der Waals surface area (Å²) < 4.78 is 1.82. The molecule has 146 valence electrons. The maximum absolute atomic E-state index is 12.8. The van der Waals surface area contributed by atoms with E-state index in [1.54, 1.807) is 30.3 Å². The zero-order valence-electron chi connectivity index (χ0n) is 15.7. The first-order valence-corrected chi connectivity index (χ1v) is 9.17. The molecule has 1 aromatic carbocycles. The molecule has 2 heterocycles. The maximum atomic E-state index is 12.8. The van der Waals surface area contributed by atoms with Gasteiger partial charge in [-0.1, -0.05) is 12.1 Å². The molecule has 28 heavy (non-hydrogen) atoms. The number of amides is 3. The predicted molar refractivity (Wildman–Crippen MR) is 106 cm³/mol. The summed E-state index contributed by atoms with van der Waals surface area (Å²) in [5.74, 6) is -0.687. The molecule has 3 amide bonds. The molecular formula is C20H23N5O3. The van der Waals surface area contributed by atoms with Crippen LogP contribution in [0, 0.1) is 0 Å². The van der Waals surface area contributed by atoms with Gasteiger partial charge >= 0.3 is 0 Å². The summed E-state index contributed by atoms with van der Waals surface area (Å²) in [5, 5.41) is 8.19. The number of benzene rings is 1. The van der Waals surface area contributed by atoms with E-state index in [2.05, 4.69) is 27.5 Å². The van der Waals surface area contributed by atoms with Gasteiger partial charge in [0.05, 0.1) is 5.69 Å². The van der Waals surface area contributed by atoms with E-state index in [0.29, 0.717) is 36.6 Å². The van der Waals surface area contributed by atoms with Crippen molar-refractivity contribution in [2.45, 2.75) is 32.7 Å². The second-order valence-corrected chi connectivity index (χ2v) is 6.55. The number of hydrogen-bond donors (Lipinski definition) is 3. The number of aromatic nitrogens is 2. The molecule has 0 spiro atoms. The number of carbonyl (C=O) groups excluding carboxylic acids is 3. The lowest BCUT2D eigenvalue weighted by molar-refractivity contribution is -0.114. The Balaban J connectivity index is 1.85. The molecule has 0 saturated heterocycles. The van der Waals surface area contributed by atoms with Crippen LogP contribution < -0.4 is 16.0 Å². The highest BCUT2D eigenvalue weighted by molar-refractivity contribution is 6.04. The van der Waals surface area contributed by atoms with E-state index in [9.17, 15) is 14.4 Å². The van der Waals surface area contributed by atoms with Gasteiger partial charge in [-0.15, -0.1) is 6.58 Å². The molecular weight excluding hydrogens is 358 g/mol. The molecule has 0 aliphatic carbocycles. The lowest BCUT2D eigenvalue weighted by Crippen LogP contribution is -2.25. The summed E-state index contributed by atoms with van der Waals surface area (Å²) in [6.07, 6.45) is 4.17. The molecule has 8 nitrogen and oxygen atoms in total. The van der Waals surface area contributed by atoms with E-state index < -0.39 is 5.91 Å². The van der Waals surface area contributed by atoms with E-state index in [4.69, 9.17) is 0 Å². The van der Waals surface area contributed by atoms with E-state index in [1.807, 2.05) is 4.57 Å². The quantitative estimate of drug-likeness (QED) is 0.668. The summed E-state index contributed by atoms with van der Waals surface area (Å²) in [4.78, 5) is 40.8. The van der Waals surface area contributed by atoms with E-state index in [0.717, 1.165) is 18.5 Å². The zero-order chi connectivity index (χ0) is 20.1. The van der Waals surface area contributed by atoms with Crippen molar-refractivity contribution in [3.63, 3.8) is 0 Å². The van der Waals surface area contributed by atoms with E-state index >= 15 is 0 Å². The first-order chi connectivity index (χ1) is 13.5. The molecule has 0 atom stereocenters. The van der Waals surface area contributed by atoms with Crippen LogP contribution in [-0.2, 0) is 17.8 Å². The molecule has 0 bridgehead atoms. The molecule has 2 aromatic rings. The first kappa shape index (κ1) is 19.3. The van der Waals surface area contributed by atoms with Gasteiger partial charge in [0.25, 0.3) is 11.8 Å². The largest absolute Gasteiger partial charge is 0.347 e. The highest BCUT2D eigenvalue weighted by Crippen LogP contribution is 2.22. The number of nitrogens with zero attached hydrogens (tertiary/aromatic N) is 2. The Kier molecular flexibility index (Phi) is 5.88. The lowest BCUT2D eigenvalue weighted by Gasteiger charge is -2.17. The average Bonchev–Trinajstić information content (AvgIpc) is 3.06. The number of rotatable bonds is 6. The standard InChI is InChI=1S/C20H23N5O3/c1-3-10-21-19(27)17-16-9-4-5-11-25(16)18(24-17)20(28)23-15-8-6-7-14(12-15)22-13(2)26/h3,6-8,12H,1,4-5,9-11H2,2H3,(H,21,27)(H,22,26)(H,23,28). The summed E-state index contributed by atoms with van der Waals surface area (Å²) in [6.45, 7) is 5.99. The molecule has 0 unspecified atom stereocenters. The van der Waals surface area contributed by atoms with Gasteiger partial charge in [-0.2, -0.15) is 0 Å². The van der Waals surface area contributed by atoms with Gasteiger partial charge in [-0.25, -0.2) is 4.98 Å². The highest BCUT2D eigenvalue weighted by atomic mass is 16.2. The smallest absolute Gasteiger partial charge is 0.291 e. The van der Waals surface area contributed by atoms with Crippen molar-refractivity contribution in [2.75, 3.05) is 17.2 Å². The Bertz CT molecular complexity index is 932. The number of carbonyl (C=O) groups is 3. The Morgan fingerprint density at radius 3 is 2.64 bits per heavy atom. The van der Waals surface area contributed by atoms with Crippen LogP contribution in [0.4, 0.5) is 11.4 Å². The van der Waals surface area contributed by atoms with Gasteiger partial charge in [-0.3, -0.25) is 14.4 Å². The molecule has 3 rings (SSSR count). The Labute approximate surface area is 163 Å². The Morgan fingerprint density at radius 1 is 1.18 bits per heavy atom. The molecule has 1 aliphatic heterocycles. The van der Waals surface area contributed by atoms with Crippen LogP contribution >= 0.6 is 0 Å². The minimum absolute atomic E-state index is 0.194. The van der Waals surface area contributed by atoms with Crippen LogP contribution in [0.3, 0.4) is 0 Å². The monoisotopic (exact) mass is 381 g/mol. The van der Waals surface area contributed by atoms with Gasteiger partial charge in [0.2, 0.25) is 5.91 Å². The minimum Gasteiger partial charge on any atom is -0.347 e. The van der Waals surface area contributed by atoms with Crippen LogP contribution in [-0.4, -0.2) is 33.8 Å². The summed E-state index contributed by atoms with van der Waals surface area (Å²) in [5.41, 5.74) is 2.19. The van der Waals surface area contributed by atoms with E-state index in [1.165, 1.54) is 6.92 Å². The van der Waals surface area contributed by atoms with Crippen molar-refractivity contribution in [3.05, 3.63) is 54.1 Å². The zero-order valence-corrected chi connectivity index (χ0v) is 15.7. The fourth-order valence-electron chi connectivity index (χ4n) is 3.21. The van der Waals surface area contributed by atoms with E-state index in [-0.39, 0.29) is 17.6 Å². The Morgan fingerprint density at radius 2 is 1.93 bits per heavy atom. The number of hydrogen-bond acceptors (Lipinski definition) is 4. The normalized spacial score (nSPS) is 12.6. The molecule has 0 saturated carbocycles. The van der Waals surface area contributed by atoms with Crippen molar-refractivity contribution < 1.29 is 14.4 Å². The lowest BCUT2D eigenvalue weighted by atomic mass is 10.1. The van der Waals surface area contributed by atoms with Crippen LogP contribution in [0.1, 0.15) is 46.6 Å². The van der Waals surface area contributed by atoms with Gasteiger partial charge in [-0.05, 0) is 37.5 Å². The van der Waals surface area contributed by atoms with Gasteiger partial charge in [0.1, 0.15) is 5.69 Å². The van der Waals surface area contributed by atoms with Gasteiger partial charge in [0, 0.05) is 31.4 Å². The molecule has 1 aliphatic rings. The summed E-state index contributed by atoms with van der Waals surface area (Å²) >= 11 is 0. The minimum atomic E-state index is -0.397. The van der Waals surface area contributed by atoms with Crippen LogP contribution in [0.25, 0.3) is 0 Å². The van der Waals surface area contributed by atoms with Gasteiger partial charge < -0.3 is 20.5 Å². The van der Waals surface area contributed by atoms with Crippen molar-refractivity contribution in [3.8, 4) is 0 Å². The molecule has 8 heteroatoms. The third-order valence-electron chi connectivity index (χ3n) is 4.38. The van der Waals surface area contributed by atoms with Crippen LogP contribution in [0.5, 0.6) is 0 Å². The topological polar surface area (TPSA) is 105 Å². The van der Waals surface area contributed by atoms with Crippen molar-refractivity contribution >= 4 is 29.1 Å². The summed E-state index contributed by atoms with van der Waals surface area (Å²) in [7, 11) is 0. The van der Waals surface area contributed by atoms with Crippen LogP contribution in [0.2, 0.25) is 0 Å². The number of imidazole rings is 1. The van der Waals surface area contributed by atoms with Crippen LogP contribution in [0.15, 0.2) is 36.9 Å². The predicted octanol–water partition coefficient (Wildman–Crippen LogP) is 2.35. The molecule has 1 aromatic heterocycles. The second-order valence-electron chi connectivity index (χ2n) is 6.55.